The van der Waals surface area contributed by atoms with Crippen LogP contribution in [0.25, 0.3) is 0 Å². The van der Waals surface area contributed by atoms with Gasteiger partial charge in [0.05, 0.1) is 0 Å². The van der Waals surface area contributed by atoms with Crippen LogP contribution in [-0.2, 0) is 4.74 Å². The molecule has 21 heavy (non-hydrogen) atoms. The van der Waals surface area contributed by atoms with E-state index in [9.17, 15) is 9.90 Å². The Morgan fingerprint density at radius 2 is 1.95 bits per heavy atom. The summed E-state index contributed by atoms with van der Waals surface area (Å²) in [6.45, 7) is 2.42. The highest BCUT2D eigenvalue weighted by atomic mass is 16.5. The molecule has 2 amide bonds. The molecule has 5 nitrogen and oxygen atoms in total. The molecule has 0 bridgehead atoms. The number of carbonyl (C=O) groups excluding carboxylic acids is 1. The first kappa shape index (κ1) is 16.6. The Hall–Kier alpha value is -0.810. The Kier molecular flexibility index (Phi) is 7.30. The summed E-state index contributed by atoms with van der Waals surface area (Å²) in [5.41, 5.74) is 0. The maximum absolute atomic E-state index is 11.9. The number of nitrogens with one attached hydrogen (secondary N) is 2. The van der Waals surface area contributed by atoms with Gasteiger partial charge in [-0.25, -0.2) is 4.79 Å². The summed E-state index contributed by atoms with van der Waals surface area (Å²) in [5, 5.41) is 15.3. The van der Waals surface area contributed by atoms with Gasteiger partial charge < -0.3 is 20.5 Å². The van der Waals surface area contributed by atoms with E-state index < -0.39 is 0 Å². The van der Waals surface area contributed by atoms with Crippen LogP contribution >= 0.6 is 0 Å². The minimum Gasteiger partial charge on any atom is -0.396 e. The van der Waals surface area contributed by atoms with Crippen molar-refractivity contribution in [2.45, 2.75) is 57.4 Å². The molecule has 122 valence electrons. The third kappa shape index (κ3) is 6.66. The molecular weight excluding hydrogens is 268 g/mol. The van der Waals surface area contributed by atoms with E-state index in [2.05, 4.69) is 10.6 Å². The van der Waals surface area contributed by atoms with Crippen LogP contribution in [0.15, 0.2) is 0 Å². The lowest BCUT2D eigenvalue weighted by atomic mass is 9.96. The highest BCUT2D eigenvalue weighted by Crippen LogP contribution is 2.28. The molecule has 2 fully saturated rings. The van der Waals surface area contributed by atoms with E-state index in [1.54, 1.807) is 0 Å². The first-order chi connectivity index (χ1) is 10.3. The molecule has 3 N–H and O–H groups in total. The predicted molar refractivity (Wildman–Crippen MR) is 82.1 cm³/mol. The molecule has 0 aliphatic heterocycles. The monoisotopic (exact) mass is 298 g/mol. The molecule has 2 aliphatic carbocycles. The second-order valence-corrected chi connectivity index (χ2v) is 6.46. The summed E-state index contributed by atoms with van der Waals surface area (Å²) < 4.78 is 5.54. The van der Waals surface area contributed by atoms with Crippen LogP contribution in [0.5, 0.6) is 0 Å². The minimum absolute atomic E-state index is 0.109. The topological polar surface area (TPSA) is 70.6 Å². The maximum Gasteiger partial charge on any atom is 0.315 e. The zero-order valence-corrected chi connectivity index (χ0v) is 13.0. The van der Waals surface area contributed by atoms with Gasteiger partial charge >= 0.3 is 6.03 Å². The lowest BCUT2D eigenvalue weighted by Gasteiger charge is -2.24. The van der Waals surface area contributed by atoms with Gasteiger partial charge in [-0.2, -0.15) is 0 Å². The largest absolute Gasteiger partial charge is 0.396 e. The van der Waals surface area contributed by atoms with E-state index in [0.717, 1.165) is 51.2 Å². The fourth-order valence-electron chi connectivity index (χ4n) is 2.92. The Morgan fingerprint density at radius 3 is 2.71 bits per heavy atom. The number of urea groups is 1. The molecule has 0 aromatic carbocycles. The SMILES string of the molecule is O=C(NCCCOCC1CC1)N[C@@H]1CCCCC[C@H]1CO. The second-order valence-electron chi connectivity index (χ2n) is 6.46. The minimum atomic E-state index is -0.109. The number of amides is 2. The van der Waals surface area contributed by atoms with Crippen LogP contribution in [-0.4, -0.2) is 43.5 Å². The van der Waals surface area contributed by atoms with E-state index >= 15 is 0 Å². The first-order valence-electron chi connectivity index (χ1n) is 8.52. The van der Waals surface area contributed by atoms with Crippen LogP contribution in [0.1, 0.15) is 51.4 Å². The number of aliphatic hydroxyl groups is 1. The smallest absolute Gasteiger partial charge is 0.315 e. The van der Waals surface area contributed by atoms with Crippen LogP contribution in [0.3, 0.4) is 0 Å². The van der Waals surface area contributed by atoms with Crippen molar-refractivity contribution in [2.24, 2.45) is 11.8 Å². The average molecular weight is 298 g/mol. The van der Waals surface area contributed by atoms with Crippen molar-refractivity contribution < 1.29 is 14.6 Å². The molecule has 0 spiro atoms. The quantitative estimate of drug-likeness (QED) is 0.474. The number of rotatable bonds is 8. The van der Waals surface area contributed by atoms with Gasteiger partial charge in [0, 0.05) is 38.3 Å². The summed E-state index contributed by atoms with van der Waals surface area (Å²) in [7, 11) is 0. The van der Waals surface area contributed by atoms with Gasteiger partial charge in [-0.15, -0.1) is 0 Å². The van der Waals surface area contributed by atoms with Crippen molar-refractivity contribution >= 4 is 6.03 Å². The van der Waals surface area contributed by atoms with Crippen LogP contribution in [0, 0.1) is 11.8 Å². The molecule has 0 radical (unpaired) electrons. The molecule has 0 saturated heterocycles. The van der Waals surface area contributed by atoms with Crippen molar-refractivity contribution in [3.63, 3.8) is 0 Å². The fourth-order valence-corrected chi connectivity index (χ4v) is 2.92. The van der Waals surface area contributed by atoms with E-state index in [-0.39, 0.29) is 24.6 Å². The van der Waals surface area contributed by atoms with Crippen molar-refractivity contribution in [3.05, 3.63) is 0 Å². The molecule has 0 unspecified atom stereocenters. The van der Waals surface area contributed by atoms with E-state index in [1.165, 1.54) is 19.3 Å². The molecule has 0 heterocycles. The van der Waals surface area contributed by atoms with Crippen LogP contribution < -0.4 is 10.6 Å². The predicted octanol–water partition coefficient (Wildman–Crippen LogP) is 2.04. The van der Waals surface area contributed by atoms with Gasteiger partial charge in [-0.1, -0.05) is 19.3 Å². The molecule has 0 aromatic heterocycles. The zero-order valence-electron chi connectivity index (χ0n) is 13.0. The first-order valence-corrected chi connectivity index (χ1v) is 8.52. The Labute approximate surface area is 127 Å². The Morgan fingerprint density at radius 1 is 1.14 bits per heavy atom. The highest BCUT2D eigenvalue weighted by Gasteiger charge is 2.24. The fraction of sp³-hybridized carbons (Fsp3) is 0.938. The van der Waals surface area contributed by atoms with Gasteiger partial charge in [0.15, 0.2) is 0 Å². The average Bonchev–Trinajstić information content (AvgIpc) is 3.30. The lowest BCUT2D eigenvalue weighted by molar-refractivity contribution is 0.122. The summed E-state index contributed by atoms with van der Waals surface area (Å²) in [4.78, 5) is 11.9. The van der Waals surface area contributed by atoms with Gasteiger partial charge in [-0.05, 0) is 38.0 Å². The standard InChI is InChI=1S/C16H30N2O3/c19-11-14-5-2-1-3-6-15(14)18-16(20)17-9-4-10-21-12-13-7-8-13/h13-15,19H,1-12H2,(H2,17,18,20)/t14-,15+/m0/s1. The van der Waals surface area contributed by atoms with Gasteiger partial charge in [0.2, 0.25) is 0 Å². The van der Waals surface area contributed by atoms with E-state index in [1.807, 2.05) is 0 Å². The summed E-state index contributed by atoms with van der Waals surface area (Å²) in [5.74, 6) is 1.01. The summed E-state index contributed by atoms with van der Waals surface area (Å²) in [6, 6.07) is 0.00570. The zero-order chi connectivity index (χ0) is 14.9. The Balaban J connectivity index is 1.54. The normalized spacial score (nSPS) is 26.1. The second kappa shape index (κ2) is 9.26. The molecule has 2 saturated carbocycles. The summed E-state index contributed by atoms with van der Waals surface area (Å²) in [6.07, 6.45) is 8.96. The van der Waals surface area contributed by atoms with Crippen LogP contribution in [0.4, 0.5) is 4.79 Å². The molecule has 2 rings (SSSR count). The molecule has 0 aromatic rings. The molecule has 2 atom stereocenters. The number of hydrogen-bond donors (Lipinski definition) is 3. The molecule has 5 heteroatoms. The van der Waals surface area contributed by atoms with Gasteiger partial charge in [0.1, 0.15) is 0 Å². The number of ether oxygens (including phenoxy) is 1. The number of hydrogen-bond acceptors (Lipinski definition) is 3. The van der Waals surface area contributed by atoms with Crippen LogP contribution in [0.2, 0.25) is 0 Å². The van der Waals surface area contributed by atoms with Crippen molar-refractivity contribution in [3.8, 4) is 0 Å². The van der Waals surface area contributed by atoms with Gasteiger partial charge in [-0.3, -0.25) is 0 Å². The number of carbonyl (C=O) groups is 1. The van der Waals surface area contributed by atoms with Crippen molar-refractivity contribution in [1.82, 2.24) is 10.6 Å². The van der Waals surface area contributed by atoms with E-state index in [4.69, 9.17) is 4.74 Å². The van der Waals surface area contributed by atoms with Crippen molar-refractivity contribution in [1.29, 1.82) is 0 Å². The maximum atomic E-state index is 11.9. The summed E-state index contributed by atoms with van der Waals surface area (Å²) >= 11 is 0. The highest BCUT2D eigenvalue weighted by molar-refractivity contribution is 5.74. The molecule has 2 aliphatic rings. The Bertz CT molecular complexity index is 308. The molecular formula is C16H30N2O3. The number of aliphatic hydroxyl groups excluding tert-OH is 1. The van der Waals surface area contributed by atoms with Crippen molar-refractivity contribution in [2.75, 3.05) is 26.4 Å². The van der Waals surface area contributed by atoms with Gasteiger partial charge in [0.25, 0.3) is 0 Å². The third-order valence-electron chi connectivity index (χ3n) is 4.51. The lowest BCUT2D eigenvalue weighted by Crippen LogP contribution is -2.46. The third-order valence-corrected chi connectivity index (χ3v) is 4.51. The van der Waals surface area contributed by atoms with E-state index in [0.29, 0.717) is 6.54 Å².